The average Bonchev–Trinajstić information content (AvgIpc) is 2.60. The van der Waals surface area contributed by atoms with Gasteiger partial charge in [-0.25, -0.2) is 9.97 Å². The van der Waals surface area contributed by atoms with Gasteiger partial charge in [0.05, 0.1) is 16.6 Å². The first-order valence-electron chi connectivity index (χ1n) is 4.63. The van der Waals surface area contributed by atoms with Crippen molar-refractivity contribution < 1.29 is 4.74 Å². The summed E-state index contributed by atoms with van der Waals surface area (Å²) in [6.45, 7) is 3.56. The third-order valence-electron chi connectivity index (χ3n) is 2.39. The molecule has 1 aromatic heterocycles. The van der Waals surface area contributed by atoms with Crippen molar-refractivity contribution >= 4 is 33.3 Å². The molecule has 0 spiro atoms. The summed E-state index contributed by atoms with van der Waals surface area (Å²) in [5, 5.41) is 3.73. The lowest BCUT2D eigenvalue weighted by molar-refractivity contribution is 0.185. The normalized spacial score (nSPS) is 25.5. The summed E-state index contributed by atoms with van der Waals surface area (Å²) in [7, 11) is 0. The van der Waals surface area contributed by atoms with E-state index in [1.165, 1.54) is 6.33 Å². The first-order valence-corrected chi connectivity index (χ1v) is 5.80. The molecule has 6 heteroatoms. The Morgan fingerprint density at radius 1 is 1.60 bits per heavy atom. The highest BCUT2D eigenvalue weighted by molar-refractivity contribution is 9.10. The van der Waals surface area contributed by atoms with Gasteiger partial charge in [-0.05, 0) is 29.3 Å². The highest BCUT2D eigenvalue weighted by Crippen LogP contribution is 2.30. The number of ether oxygens (including phenoxy) is 1. The van der Waals surface area contributed by atoms with E-state index in [9.17, 15) is 0 Å². The fraction of sp³-hybridized carbons (Fsp3) is 0.556. The predicted molar refractivity (Wildman–Crippen MR) is 62.2 cm³/mol. The molecular formula is C9H11BrClN3O. The number of anilines is 1. The standard InChI is InChI=1S/C9H11BrClN3O/c1-9(2-3-15-4-9)14-8-6(10)7(11)12-5-13-8/h5H,2-4H2,1H3,(H,12,13,14). The molecular weight excluding hydrogens is 281 g/mol. The Kier molecular flexibility index (Phi) is 3.13. The molecule has 0 aliphatic carbocycles. The number of rotatable bonds is 2. The van der Waals surface area contributed by atoms with Gasteiger partial charge in [-0.15, -0.1) is 0 Å². The fourth-order valence-electron chi connectivity index (χ4n) is 1.49. The van der Waals surface area contributed by atoms with Crippen LogP contribution >= 0.6 is 27.5 Å². The van der Waals surface area contributed by atoms with Gasteiger partial charge in [0.2, 0.25) is 0 Å². The molecule has 1 aliphatic heterocycles. The maximum atomic E-state index is 5.88. The molecule has 1 N–H and O–H groups in total. The Hall–Kier alpha value is -0.390. The van der Waals surface area contributed by atoms with Gasteiger partial charge < -0.3 is 10.1 Å². The van der Waals surface area contributed by atoms with Crippen LogP contribution in [0.15, 0.2) is 10.8 Å². The molecule has 1 saturated heterocycles. The zero-order valence-corrected chi connectivity index (χ0v) is 10.6. The summed E-state index contributed by atoms with van der Waals surface area (Å²) in [4.78, 5) is 8.01. The van der Waals surface area contributed by atoms with Crippen molar-refractivity contribution in [3.8, 4) is 0 Å². The van der Waals surface area contributed by atoms with Crippen LogP contribution in [0.25, 0.3) is 0 Å². The molecule has 0 amide bonds. The molecule has 1 aromatic rings. The molecule has 2 rings (SSSR count). The smallest absolute Gasteiger partial charge is 0.148 e. The largest absolute Gasteiger partial charge is 0.379 e. The minimum Gasteiger partial charge on any atom is -0.379 e. The lowest BCUT2D eigenvalue weighted by atomic mass is 10.0. The summed E-state index contributed by atoms with van der Waals surface area (Å²) in [5.74, 6) is 0.711. The maximum Gasteiger partial charge on any atom is 0.148 e. The van der Waals surface area contributed by atoms with Gasteiger partial charge in [0.1, 0.15) is 17.3 Å². The molecule has 1 unspecified atom stereocenters. The van der Waals surface area contributed by atoms with E-state index in [-0.39, 0.29) is 5.54 Å². The average molecular weight is 293 g/mol. The predicted octanol–water partition coefficient (Wildman–Crippen LogP) is 2.48. The molecule has 0 aromatic carbocycles. The van der Waals surface area contributed by atoms with Gasteiger partial charge in [-0.2, -0.15) is 0 Å². The van der Waals surface area contributed by atoms with Crippen LogP contribution in [-0.2, 0) is 4.74 Å². The molecule has 15 heavy (non-hydrogen) atoms. The highest BCUT2D eigenvalue weighted by Gasteiger charge is 2.30. The van der Waals surface area contributed by atoms with Crippen molar-refractivity contribution in [1.82, 2.24) is 9.97 Å². The summed E-state index contributed by atoms with van der Waals surface area (Å²) < 4.78 is 6.04. The van der Waals surface area contributed by atoms with E-state index < -0.39 is 0 Å². The van der Waals surface area contributed by atoms with Crippen LogP contribution in [-0.4, -0.2) is 28.7 Å². The first kappa shape index (κ1) is 11.1. The Bertz CT molecular complexity index is 368. The van der Waals surface area contributed by atoms with Gasteiger partial charge >= 0.3 is 0 Å². The van der Waals surface area contributed by atoms with E-state index in [4.69, 9.17) is 16.3 Å². The summed E-state index contributed by atoms with van der Waals surface area (Å²) in [6, 6.07) is 0. The van der Waals surface area contributed by atoms with Crippen molar-refractivity contribution in [2.24, 2.45) is 0 Å². The van der Waals surface area contributed by atoms with E-state index in [1.807, 2.05) is 0 Å². The molecule has 82 valence electrons. The van der Waals surface area contributed by atoms with Crippen LogP contribution in [0.4, 0.5) is 5.82 Å². The monoisotopic (exact) mass is 291 g/mol. The molecule has 0 bridgehead atoms. The fourth-order valence-corrected chi connectivity index (χ4v) is 1.92. The van der Waals surface area contributed by atoms with E-state index >= 15 is 0 Å². The van der Waals surface area contributed by atoms with Gasteiger partial charge in [-0.1, -0.05) is 11.6 Å². The third-order valence-corrected chi connectivity index (χ3v) is 3.65. The molecule has 1 fully saturated rings. The van der Waals surface area contributed by atoms with Gasteiger partial charge in [0.25, 0.3) is 0 Å². The van der Waals surface area contributed by atoms with Crippen LogP contribution in [0.1, 0.15) is 13.3 Å². The quantitative estimate of drug-likeness (QED) is 0.851. The van der Waals surface area contributed by atoms with E-state index in [0.717, 1.165) is 13.0 Å². The first-order chi connectivity index (χ1) is 7.11. The lowest BCUT2D eigenvalue weighted by Gasteiger charge is -2.24. The molecule has 0 radical (unpaired) electrons. The number of hydrogen-bond donors (Lipinski definition) is 1. The van der Waals surface area contributed by atoms with Crippen LogP contribution in [0.3, 0.4) is 0 Å². The number of halogens is 2. The van der Waals surface area contributed by atoms with E-state index in [1.54, 1.807) is 0 Å². The van der Waals surface area contributed by atoms with Crippen LogP contribution in [0.2, 0.25) is 5.15 Å². The Balaban J connectivity index is 2.20. The topological polar surface area (TPSA) is 47.0 Å². The second-order valence-corrected chi connectivity index (χ2v) is 4.97. The number of hydrogen-bond acceptors (Lipinski definition) is 4. The maximum absolute atomic E-state index is 5.88. The van der Waals surface area contributed by atoms with E-state index in [2.05, 4.69) is 38.1 Å². The molecule has 1 atom stereocenters. The summed E-state index contributed by atoms with van der Waals surface area (Å²) in [6.07, 6.45) is 2.40. The Morgan fingerprint density at radius 2 is 2.40 bits per heavy atom. The third kappa shape index (κ3) is 2.41. The molecule has 2 heterocycles. The van der Waals surface area contributed by atoms with Crippen molar-refractivity contribution in [2.45, 2.75) is 18.9 Å². The minimum absolute atomic E-state index is 0.0692. The van der Waals surface area contributed by atoms with Gasteiger partial charge in [0, 0.05) is 6.61 Å². The Morgan fingerprint density at radius 3 is 3.07 bits per heavy atom. The van der Waals surface area contributed by atoms with Crippen LogP contribution < -0.4 is 5.32 Å². The SMILES string of the molecule is CC1(Nc2ncnc(Cl)c2Br)CCOC1. The second-order valence-electron chi connectivity index (χ2n) is 3.82. The zero-order chi connectivity index (χ0) is 10.9. The highest BCUT2D eigenvalue weighted by atomic mass is 79.9. The number of aromatic nitrogens is 2. The zero-order valence-electron chi connectivity index (χ0n) is 8.26. The summed E-state index contributed by atoms with van der Waals surface area (Å²) in [5.41, 5.74) is -0.0692. The van der Waals surface area contributed by atoms with Crippen molar-refractivity contribution in [1.29, 1.82) is 0 Å². The number of nitrogens with zero attached hydrogens (tertiary/aromatic N) is 2. The second kappa shape index (κ2) is 4.23. The van der Waals surface area contributed by atoms with Crippen LogP contribution in [0, 0.1) is 0 Å². The lowest BCUT2D eigenvalue weighted by Crippen LogP contribution is -2.35. The molecule has 4 nitrogen and oxygen atoms in total. The minimum atomic E-state index is -0.0692. The van der Waals surface area contributed by atoms with Crippen molar-refractivity contribution in [2.75, 3.05) is 18.5 Å². The van der Waals surface area contributed by atoms with Crippen molar-refractivity contribution in [3.63, 3.8) is 0 Å². The Labute approximate surface area is 102 Å². The number of nitrogens with one attached hydrogen (secondary N) is 1. The van der Waals surface area contributed by atoms with Gasteiger partial charge in [-0.3, -0.25) is 0 Å². The summed E-state index contributed by atoms with van der Waals surface area (Å²) >= 11 is 9.23. The molecule has 1 aliphatic rings. The van der Waals surface area contributed by atoms with Crippen molar-refractivity contribution in [3.05, 3.63) is 16.0 Å². The molecule has 0 saturated carbocycles. The van der Waals surface area contributed by atoms with Crippen LogP contribution in [0.5, 0.6) is 0 Å². The van der Waals surface area contributed by atoms with Gasteiger partial charge in [0.15, 0.2) is 0 Å². The van der Waals surface area contributed by atoms with E-state index in [0.29, 0.717) is 22.1 Å².